The van der Waals surface area contributed by atoms with Crippen LogP contribution in [0.2, 0.25) is 0 Å². The Kier molecular flexibility index (Phi) is 6.10. The maximum absolute atomic E-state index is 13.1. The normalized spacial score (nSPS) is 16.0. The average molecular weight is 474 g/mol. The van der Waals surface area contributed by atoms with Gasteiger partial charge in [-0.25, -0.2) is 19.6 Å². The summed E-state index contributed by atoms with van der Waals surface area (Å²) in [6.45, 7) is 7.44. The van der Waals surface area contributed by atoms with Crippen molar-refractivity contribution < 1.29 is 4.79 Å². The highest BCUT2D eigenvalue weighted by molar-refractivity contribution is 7.09. The Morgan fingerprint density at radius 3 is 2.74 bits per heavy atom. The second kappa shape index (κ2) is 9.34. The van der Waals surface area contributed by atoms with Crippen molar-refractivity contribution in [2.75, 3.05) is 23.3 Å². The first kappa shape index (κ1) is 22.2. The highest BCUT2D eigenvalue weighted by Crippen LogP contribution is 2.27. The Hall–Kier alpha value is -3.59. The van der Waals surface area contributed by atoms with Gasteiger partial charge in [0.25, 0.3) is 0 Å². The number of carbonyl (C=O) groups is 1. The quantitative estimate of drug-likeness (QED) is 0.457. The molecular weight excluding hydrogens is 446 g/mol. The standard InChI is InChI=1S/C25H27N7OS/c1-16-10-17(2)32(30-16)24-12-23(26-15-27-24)31-9-5-7-20(13-31)25(33)29-21-8-4-6-19(11-21)22-14-34-18(3)28-22/h4,6,8,10-12,14-15,20H,5,7,9,13H2,1-3H3,(H,29,33). The fraction of sp³-hybridized carbons (Fsp3) is 0.320. The number of hydrogen-bond acceptors (Lipinski definition) is 7. The number of anilines is 2. The third kappa shape index (κ3) is 4.70. The molecular formula is C25H27N7OS. The number of aromatic nitrogens is 5. The van der Waals surface area contributed by atoms with E-state index in [9.17, 15) is 4.79 Å². The Labute approximate surface area is 202 Å². The van der Waals surface area contributed by atoms with Gasteiger partial charge in [0.15, 0.2) is 5.82 Å². The first-order valence-electron chi connectivity index (χ1n) is 11.4. The zero-order valence-electron chi connectivity index (χ0n) is 19.5. The number of carbonyl (C=O) groups excluding carboxylic acids is 1. The van der Waals surface area contributed by atoms with Crippen LogP contribution in [0.4, 0.5) is 11.5 Å². The number of amides is 1. The molecule has 4 aromatic rings. The molecule has 0 saturated carbocycles. The van der Waals surface area contributed by atoms with Crippen LogP contribution in [0.25, 0.3) is 17.1 Å². The third-order valence-electron chi connectivity index (χ3n) is 6.03. The van der Waals surface area contributed by atoms with E-state index in [4.69, 9.17) is 0 Å². The predicted octanol–water partition coefficient (Wildman–Crippen LogP) is 4.57. The van der Waals surface area contributed by atoms with E-state index < -0.39 is 0 Å². The van der Waals surface area contributed by atoms with Crippen LogP contribution in [0.5, 0.6) is 0 Å². The van der Waals surface area contributed by atoms with Crippen LogP contribution >= 0.6 is 11.3 Å². The average Bonchev–Trinajstić information content (AvgIpc) is 3.43. The van der Waals surface area contributed by atoms with Gasteiger partial charge in [-0.2, -0.15) is 5.10 Å². The molecule has 174 valence electrons. The summed E-state index contributed by atoms with van der Waals surface area (Å²) >= 11 is 1.62. The van der Waals surface area contributed by atoms with Crippen molar-refractivity contribution in [2.45, 2.75) is 33.6 Å². The smallest absolute Gasteiger partial charge is 0.229 e. The van der Waals surface area contributed by atoms with Gasteiger partial charge in [-0.1, -0.05) is 12.1 Å². The van der Waals surface area contributed by atoms with Crippen molar-refractivity contribution in [1.82, 2.24) is 24.7 Å². The van der Waals surface area contributed by atoms with E-state index in [2.05, 4.69) is 30.3 Å². The summed E-state index contributed by atoms with van der Waals surface area (Å²) in [6, 6.07) is 11.8. The number of benzene rings is 1. The van der Waals surface area contributed by atoms with Gasteiger partial charge in [-0.05, 0) is 51.8 Å². The highest BCUT2D eigenvalue weighted by Gasteiger charge is 2.27. The molecule has 1 saturated heterocycles. The first-order valence-corrected chi connectivity index (χ1v) is 12.3. The molecule has 1 aliphatic heterocycles. The summed E-state index contributed by atoms with van der Waals surface area (Å²) in [5, 5.41) is 10.7. The zero-order chi connectivity index (χ0) is 23.7. The second-order valence-corrected chi connectivity index (χ2v) is 9.74. The van der Waals surface area contributed by atoms with E-state index in [0.717, 1.165) is 64.4 Å². The van der Waals surface area contributed by atoms with Gasteiger partial charge < -0.3 is 10.2 Å². The molecule has 1 unspecified atom stereocenters. The van der Waals surface area contributed by atoms with Crippen molar-refractivity contribution in [3.8, 4) is 17.1 Å². The zero-order valence-corrected chi connectivity index (χ0v) is 20.3. The maximum Gasteiger partial charge on any atom is 0.229 e. The molecule has 0 spiro atoms. The van der Waals surface area contributed by atoms with Crippen molar-refractivity contribution >= 4 is 28.7 Å². The summed E-state index contributed by atoms with van der Waals surface area (Å²) in [7, 11) is 0. The minimum absolute atomic E-state index is 0.0316. The minimum Gasteiger partial charge on any atom is -0.356 e. The highest BCUT2D eigenvalue weighted by atomic mass is 32.1. The van der Waals surface area contributed by atoms with E-state index in [0.29, 0.717) is 6.54 Å². The molecule has 34 heavy (non-hydrogen) atoms. The van der Waals surface area contributed by atoms with Crippen LogP contribution in [0.15, 0.2) is 48.1 Å². The number of nitrogens with zero attached hydrogens (tertiary/aromatic N) is 6. The summed E-state index contributed by atoms with van der Waals surface area (Å²) in [4.78, 5) is 28.7. The monoisotopic (exact) mass is 473 g/mol. The Balaban J connectivity index is 1.29. The van der Waals surface area contributed by atoms with Gasteiger partial charge in [0, 0.05) is 41.5 Å². The molecule has 0 aliphatic carbocycles. The van der Waals surface area contributed by atoms with E-state index in [-0.39, 0.29) is 11.8 Å². The first-order chi connectivity index (χ1) is 16.5. The number of nitrogens with one attached hydrogen (secondary N) is 1. The lowest BCUT2D eigenvalue weighted by molar-refractivity contribution is -0.120. The van der Waals surface area contributed by atoms with Gasteiger partial charge >= 0.3 is 0 Å². The van der Waals surface area contributed by atoms with Crippen molar-refractivity contribution in [1.29, 1.82) is 0 Å². The van der Waals surface area contributed by atoms with Gasteiger partial charge in [-0.3, -0.25) is 4.79 Å². The van der Waals surface area contributed by atoms with Crippen LogP contribution < -0.4 is 10.2 Å². The molecule has 3 aromatic heterocycles. The number of thiazole rings is 1. The molecule has 1 aliphatic rings. The summed E-state index contributed by atoms with van der Waals surface area (Å²) in [6.07, 6.45) is 3.34. The van der Waals surface area contributed by atoms with Crippen LogP contribution in [0.1, 0.15) is 29.2 Å². The van der Waals surface area contributed by atoms with E-state index in [1.54, 1.807) is 17.7 Å². The molecule has 1 atom stereocenters. The Morgan fingerprint density at radius 1 is 1.12 bits per heavy atom. The Morgan fingerprint density at radius 2 is 1.97 bits per heavy atom. The van der Waals surface area contributed by atoms with Gasteiger partial charge in [-0.15, -0.1) is 11.3 Å². The second-order valence-electron chi connectivity index (χ2n) is 8.68. The van der Waals surface area contributed by atoms with E-state index in [1.165, 1.54) is 0 Å². The molecule has 1 N–H and O–H groups in total. The topological polar surface area (TPSA) is 88.8 Å². The van der Waals surface area contributed by atoms with Gasteiger partial charge in [0.05, 0.1) is 22.3 Å². The molecule has 4 heterocycles. The summed E-state index contributed by atoms with van der Waals surface area (Å²) in [5.74, 6) is 1.46. The summed E-state index contributed by atoms with van der Waals surface area (Å²) < 4.78 is 1.82. The number of piperidine rings is 1. The predicted molar refractivity (Wildman–Crippen MR) is 134 cm³/mol. The van der Waals surface area contributed by atoms with Crippen LogP contribution in [-0.4, -0.2) is 43.7 Å². The molecule has 1 fully saturated rings. The molecule has 0 radical (unpaired) electrons. The molecule has 9 heteroatoms. The number of aryl methyl sites for hydroxylation is 3. The van der Waals surface area contributed by atoms with Crippen molar-refractivity contribution in [3.05, 3.63) is 64.5 Å². The van der Waals surface area contributed by atoms with Crippen LogP contribution in [-0.2, 0) is 4.79 Å². The molecule has 0 bridgehead atoms. The fourth-order valence-electron chi connectivity index (χ4n) is 4.38. The lowest BCUT2D eigenvalue weighted by Gasteiger charge is -2.33. The van der Waals surface area contributed by atoms with E-state index >= 15 is 0 Å². The maximum atomic E-state index is 13.1. The number of rotatable bonds is 5. The van der Waals surface area contributed by atoms with Crippen molar-refractivity contribution in [2.24, 2.45) is 5.92 Å². The lowest BCUT2D eigenvalue weighted by Crippen LogP contribution is -2.41. The van der Waals surface area contributed by atoms with Crippen LogP contribution in [0.3, 0.4) is 0 Å². The summed E-state index contributed by atoms with van der Waals surface area (Å²) in [5.41, 5.74) is 4.70. The van der Waals surface area contributed by atoms with Crippen molar-refractivity contribution in [3.63, 3.8) is 0 Å². The van der Waals surface area contributed by atoms with E-state index in [1.807, 2.05) is 67.2 Å². The molecule has 1 aromatic carbocycles. The minimum atomic E-state index is -0.119. The molecule has 1 amide bonds. The number of hydrogen-bond donors (Lipinski definition) is 1. The van der Waals surface area contributed by atoms with Crippen LogP contribution in [0, 0.1) is 26.7 Å². The third-order valence-corrected chi connectivity index (χ3v) is 6.80. The molecule has 8 nitrogen and oxygen atoms in total. The largest absolute Gasteiger partial charge is 0.356 e. The van der Waals surface area contributed by atoms with Gasteiger partial charge in [0.1, 0.15) is 12.1 Å². The molecule has 5 rings (SSSR count). The SMILES string of the molecule is Cc1cc(C)n(-c2cc(N3CCCC(C(=O)Nc4cccc(-c5csc(C)n5)c4)C3)ncn2)n1. The Bertz CT molecular complexity index is 1330. The fourth-order valence-corrected chi connectivity index (χ4v) is 5.00. The lowest BCUT2D eigenvalue weighted by atomic mass is 9.97. The van der Waals surface area contributed by atoms with Gasteiger partial charge in [0.2, 0.25) is 5.91 Å².